The Hall–Kier alpha value is -0.510. The van der Waals surface area contributed by atoms with Gasteiger partial charge in [-0.2, -0.15) is 0 Å². The molecule has 1 N–H and O–H groups in total. The first kappa shape index (κ1) is 10.0. The van der Waals surface area contributed by atoms with Gasteiger partial charge in [0.15, 0.2) is 0 Å². The van der Waals surface area contributed by atoms with E-state index in [9.17, 15) is 0 Å². The highest BCUT2D eigenvalue weighted by atomic mass is 35.5. The highest BCUT2D eigenvalue weighted by Crippen LogP contribution is 2.30. The summed E-state index contributed by atoms with van der Waals surface area (Å²) < 4.78 is 0. The zero-order valence-electron chi connectivity index (χ0n) is 7.45. The van der Waals surface area contributed by atoms with Gasteiger partial charge in [0.25, 0.3) is 0 Å². The van der Waals surface area contributed by atoms with Crippen molar-refractivity contribution in [3.8, 4) is 0 Å². The number of aromatic nitrogens is 1. The number of hydrogen-bond donors (Lipinski definition) is 1. The van der Waals surface area contributed by atoms with Gasteiger partial charge < -0.3 is 10.0 Å². The van der Waals surface area contributed by atoms with Crippen molar-refractivity contribution in [2.75, 3.05) is 24.6 Å². The van der Waals surface area contributed by atoms with Gasteiger partial charge in [0.1, 0.15) is 5.82 Å². The molecule has 5 heteroatoms. The fourth-order valence-corrected chi connectivity index (χ4v) is 2.00. The van der Waals surface area contributed by atoms with Crippen LogP contribution in [0.5, 0.6) is 0 Å². The Morgan fingerprint density at radius 2 is 2.21 bits per heavy atom. The second-order valence-corrected chi connectivity index (χ2v) is 4.26. The Bertz CT molecular complexity index is 340. The van der Waals surface area contributed by atoms with E-state index in [2.05, 4.69) is 4.98 Å². The third-order valence-electron chi connectivity index (χ3n) is 2.30. The summed E-state index contributed by atoms with van der Waals surface area (Å²) in [4.78, 5) is 6.18. The van der Waals surface area contributed by atoms with Crippen molar-refractivity contribution in [1.29, 1.82) is 0 Å². The molecular formula is C9H10Cl2N2O. The molecule has 0 radical (unpaired) electrons. The van der Waals surface area contributed by atoms with E-state index >= 15 is 0 Å². The lowest BCUT2D eigenvalue weighted by Gasteiger charge is -2.39. The summed E-state index contributed by atoms with van der Waals surface area (Å²) in [5, 5.41) is 9.97. The van der Waals surface area contributed by atoms with Gasteiger partial charge in [-0.1, -0.05) is 23.2 Å². The van der Waals surface area contributed by atoms with Gasteiger partial charge in [0, 0.05) is 31.8 Å². The fourth-order valence-electron chi connectivity index (χ4n) is 1.50. The molecule has 1 fully saturated rings. The highest BCUT2D eigenvalue weighted by molar-refractivity contribution is 6.36. The summed E-state index contributed by atoms with van der Waals surface area (Å²) in [5.41, 5.74) is 0. The molecule has 0 bridgehead atoms. The Morgan fingerprint density at radius 1 is 1.50 bits per heavy atom. The van der Waals surface area contributed by atoms with Gasteiger partial charge in [-0.3, -0.25) is 0 Å². The molecule has 0 amide bonds. The van der Waals surface area contributed by atoms with Crippen LogP contribution in [0.25, 0.3) is 0 Å². The van der Waals surface area contributed by atoms with Gasteiger partial charge in [0.2, 0.25) is 0 Å². The monoisotopic (exact) mass is 232 g/mol. The van der Waals surface area contributed by atoms with E-state index < -0.39 is 0 Å². The fraction of sp³-hybridized carbons (Fsp3) is 0.444. The standard InChI is InChI=1S/C9H10Cl2N2O/c10-7-1-8(11)9(12-2-7)13-3-6(4-13)5-14/h1-2,6,14H,3-5H2. The SMILES string of the molecule is OCC1CN(c2ncc(Cl)cc2Cl)C1. The predicted octanol–water partition coefficient (Wildman–Crippen LogP) is 1.82. The number of anilines is 1. The number of pyridine rings is 1. The molecule has 1 aromatic heterocycles. The first-order chi connectivity index (χ1) is 6.70. The van der Waals surface area contributed by atoms with E-state index in [1.807, 2.05) is 4.90 Å². The number of nitrogens with zero attached hydrogens (tertiary/aromatic N) is 2. The molecule has 3 nitrogen and oxygen atoms in total. The molecule has 1 saturated heterocycles. The van der Waals surface area contributed by atoms with Crippen LogP contribution in [0.1, 0.15) is 0 Å². The number of aliphatic hydroxyl groups excluding tert-OH is 1. The van der Waals surface area contributed by atoms with Crippen LogP contribution in [0.4, 0.5) is 5.82 Å². The minimum Gasteiger partial charge on any atom is -0.396 e. The van der Waals surface area contributed by atoms with Crippen molar-refractivity contribution >= 4 is 29.0 Å². The predicted molar refractivity (Wildman–Crippen MR) is 57.0 cm³/mol. The van der Waals surface area contributed by atoms with Crippen LogP contribution in [0.2, 0.25) is 10.0 Å². The van der Waals surface area contributed by atoms with Crippen LogP contribution in [0.3, 0.4) is 0 Å². The normalized spacial score (nSPS) is 16.9. The average Bonchev–Trinajstić information content (AvgIpc) is 2.06. The quantitative estimate of drug-likeness (QED) is 0.846. The van der Waals surface area contributed by atoms with E-state index in [0.29, 0.717) is 16.0 Å². The van der Waals surface area contributed by atoms with Gasteiger partial charge in [0.05, 0.1) is 10.0 Å². The Kier molecular flexibility index (Phi) is 2.81. The minimum absolute atomic E-state index is 0.224. The molecule has 76 valence electrons. The molecule has 0 spiro atoms. The number of aliphatic hydroxyl groups is 1. The molecule has 2 heterocycles. The van der Waals surface area contributed by atoms with E-state index in [0.717, 1.165) is 18.9 Å². The lowest BCUT2D eigenvalue weighted by atomic mass is 10.0. The van der Waals surface area contributed by atoms with Crippen LogP contribution in [0, 0.1) is 5.92 Å². The molecule has 2 rings (SSSR count). The van der Waals surface area contributed by atoms with E-state index in [-0.39, 0.29) is 6.61 Å². The van der Waals surface area contributed by atoms with Gasteiger partial charge in [-0.15, -0.1) is 0 Å². The molecule has 0 saturated carbocycles. The van der Waals surface area contributed by atoms with Crippen molar-refractivity contribution in [1.82, 2.24) is 4.98 Å². The third kappa shape index (κ3) is 1.80. The number of hydrogen-bond acceptors (Lipinski definition) is 3. The minimum atomic E-state index is 0.224. The van der Waals surface area contributed by atoms with Gasteiger partial charge in [-0.05, 0) is 6.07 Å². The summed E-state index contributed by atoms with van der Waals surface area (Å²) in [6.45, 7) is 1.84. The van der Waals surface area contributed by atoms with Gasteiger partial charge in [-0.25, -0.2) is 4.98 Å². The molecule has 0 aromatic carbocycles. The molecule has 14 heavy (non-hydrogen) atoms. The van der Waals surface area contributed by atoms with Crippen LogP contribution >= 0.6 is 23.2 Å². The van der Waals surface area contributed by atoms with E-state index in [1.165, 1.54) is 0 Å². The Morgan fingerprint density at radius 3 is 2.79 bits per heavy atom. The lowest BCUT2D eigenvalue weighted by Crippen LogP contribution is -2.48. The largest absolute Gasteiger partial charge is 0.396 e. The smallest absolute Gasteiger partial charge is 0.147 e. The second-order valence-electron chi connectivity index (χ2n) is 3.41. The first-order valence-corrected chi connectivity index (χ1v) is 5.13. The third-order valence-corrected chi connectivity index (χ3v) is 2.79. The second kappa shape index (κ2) is 3.93. The van der Waals surface area contributed by atoms with E-state index in [4.69, 9.17) is 28.3 Å². The maximum Gasteiger partial charge on any atom is 0.147 e. The summed E-state index contributed by atoms with van der Waals surface area (Å²) in [6.07, 6.45) is 1.58. The van der Waals surface area contributed by atoms with Crippen molar-refractivity contribution in [2.24, 2.45) is 5.92 Å². The topological polar surface area (TPSA) is 36.4 Å². The highest BCUT2D eigenvalue weighted by Gasteiger charge is 2.28. The first-order valence-electron chi connectivity index (χ1n) is 4.37. The van der Waals surface area contributed by atoms with Crippen LogP contribution < -0.4 is 4.90 Å². The summed E-state index contributed by atoms with van der Waals surface area (Å²) in [6, 6.07) is 1.68. The van der Waals surface area contributed by atoms with Crippen LogP contribution in [-0.4, -0.2) is 29.8 Å². The lowest BCUT2D eigenvalue weighted by molar-refractivity contribution is 0.200. The number of rotatable bonds is 2. The van der Waals surface area contributed by atoms with Crippen molar-refractivity contribution in [3.05, 3.63) is 22.3 Å². The van der Waals surface area contributed by atoms with Gasteiger partial charge >= 0.3 is 0 Å². The molecule has 1 aromatic rings. The number of halogens is 2. The van der Waals surface area contributed by atoms with Crippen molar-refractivity contribution < 1.29 is 5.11 Å². The molecule has 0 aliphatic carbocycles. The molecular weight excluding hydrogens is 223 g/mol. The summed E-state index contributed by atoms with van der Waals surface area (Å²) in [5.74, 6) is 1.10. The Balaban J connectivity index is 2.11. The zero-order valence-corrected chi connectivity index (χ0v) is 8.96. The maximum absolute atomic E-state index is 8.86. The van der Waals surface area contributed by atoms with Crippen molar-refractivity contribution in [3.63, 3.8) is 0 Å². The van der Waals surface area contributed by atoms with Crippen LogP contribution in [-0.2, 0) is 0 Å². The maximum atomic E-state index is 8.86. The summed E-state index contributed by atoms with van der Waals surface area (Å²) >= 11 is 11.7. The summed E-state index contributed by atoms with van der Waals surface area (Å²) in [7, 11) is 0. The Labute approximate surface area is 92.3 Å². The zero-order chi connectivity index (χ0) is 10.1. The van der Waals surface area contributed by atoms with Crippen LogP contribution in [0.15, 0.2) is 12.3 Å². The molecule has 1 aliphatic heterocycles. The van der Waals surface area contributed by atoms with Crippen molar-refractivity contribution in [2.45, 2.75) is 0 Å². The van der Waals surface area contributed by atoms with E-state index in [1.54, 1.807) is 12.3 Å². The molecule has 1 aliphatic rings. The molecule has 0 atom stereocenters. The average molecular weight is 233 g/mol. The molecule has 0 unspecified atom stereocenters.